The molecule has 1 aliphatic heterocycles. The van der Waals surface area contributed by atoms with Crippen molar-refractivity contribution in [1.29, 1.82) is 0 Å². The van der Waals surface area contributed by atoms with Crippen molar-refractivity contribution >= 4 is 38.9 Å². The molecule has 7 nitrogen and oxygen atoms in total. The Balaban J connectivity index is 1.31. The van der Waals surface area contributed by atoms with E-state index in [-0.39, 0.29) is 29.2 Å². The first-order valence-corrected chi connectivity index (χ1v) is 12.1. The van der Waals surface area contributed by atoms with Gasteiger partial charge in [0.05, 0.1) is 11.2 Å². The molecular formula is C24H25BrF3N5O2. The minimum atomic E-state index is -4.60. The van der Waals surface area contributed by atoms with Crippen LogP contribution in [-0.4, -0.2) is 50.7 Å². The Kier molecular flexibility index (Phi) is 5.54. The highest BCUT2D eigenvalue weighted by atomic mass is 79.9. The van der Waals surface area contributed by atoms with Crippen molar-refractivity contribution in [3.63, 3.8) is 0 Å². The zero-order valence-electron chi connectivity index (χ0n) is 19.5. The van der Waals surface area contributed by atoms with Gasteiger partial charge in [0.25, 0.3) is 0 Å². The highest BCUT2D eigenvalue weighted by Crippen LogP contribution is 2.49. The van der Waals surface area contributed by atoms with Gasteiger partial charge in [0.1, 0.15) is 11.2 Å². The second kappa shape index (κ2) is 8.11. The molecule has 2 aliphatic rings. The molecule has 1 aliphatic carbocycles. The molecule has 0 unspecified atom stereocenters. The molecule has 1 saturated carbocycles. The Morgan fingerprint density at radius 1 is 1.26 bits per heavy atom. The van der Waals surface area contributed by atoms with Crippen LogP contribution in [0.2, 0.25) is 0 Å². The number of carbonyl (C=O) groups is 1. The number of nitrogens with zero attached hydrogens (tertiary/aromatic N) is 3. The molecule has 2 N–H and O–H groups in total. The lowest BCUT2D eigenvalue weighted by Crippen LogP contribution is -2.66. The average Bonchev–Trinajstić information content (AvgIpc) is 3.11. The summed E-state index contributed by atoms with van der Waals surface area (Å²) in [6, 6.07) is 5.36. The third-order valence-corrected chi connectivity index (χ3v) is 7.07. The van der Waals surface area contributed by atoms with Gasteiger partial charge in [-0.3, -0.25) is 0 Å². The summed E-state index contributed by atoms with van der Waals surface area (Å²) in [7, 11) is 0. The van der Waals surface area contributed by atoms with E-state index >= 15 is 0 Å². The molecule has 1 spiro atoms. The first-order chi connectivity index (χ1) is 16.3. The maximum Gasteiger partial charge on any atom is 0.419 e. The van der Waals surface area contributed by atoms with E-state index in [1.54, 1.807) is 17.0 Å². The lowest BCUT2D eigenvalue weighted by atomic mass is 9.61. The fraction of sp³-hybridized carbons (Fsp3) is 0.458. The summed E-state index contributed by atoms with van der Waals surface area (Å²) < 4.78 is 47.5. The van der Waals surface area contributed by atoms with Gasteiger partial charge < -0.3 is 19.9 Å². The highest BCUT2D eigenvalue weighted by molar-refractivity contribution is 9.10. The molecule has 1 amide bonds. The van der Waals surface area contributed by atoms with Gasteiger partial charge in [0, 0.05) is 52.4 Å². The molecule has 3 aromatic rings. The van der Waals surface area contributed by atoms with E-state index in [1.165, 1.54) is 6.20 Å². The zero-order chi connectivity index (χ0) is 25.2. The number of anilines is 1. The van der Waals surface area contributed by atoms with Crippen molar-refractivity contribution in [1.82, 2.24) is 19.9 Å². The molecule has 2 aromatic heterocycles. The van der Waals surface area contributed by atoms with Crippen LogP contribution in [0.3, 0.4) is 0 Å². The van der Waals surface area contributed by atoms with Crippen LogP contribution >= 0.6 is 15.9 Å². The third-order valence-electron chi connectivity index (χ3n) is 6.41. The number of hydrogen-bond donors (Lipinski definition) is 2. The van der Waals surface area contributed by atoms with E-state index in [4.69, 9.17) is 4.74 Å². The van der Waals surface area contributed by atoms with E-state index in [1.807, 2.05) is 26.8 Å². The molecule has 1 aromatic carbocycles. The number of alkyl halides is 3. The summed E-state index contributed by atoms with van der Waals surface area (Å²) in [5.41, 5.74) is -0.524. The van der Waals surface area contributed by atoms with Gasteiger partial charge in [-0.15, -0.1) is 0 Å². The van der Waals surface area contributed by atoms with Crippen molar-refractivity contribution in [3.05, 3.63) is 40.6 Å². The van der Waals surface area contributed by atoms with Gasteiger partial charge in [-0.1, -0.05) is 12.1 Å². The summed E-state index contributed by atoms with van der Waals surface area (Å²) in [6.07, 6.45) is -0.974. The normalized spacial score (nSPS) is 17.9. The molecule has 186 valence electrons. The smallest absolute Gasteiger partial charge is 0.419 e. The van der Waals surface area contributed by atoms with Crippen molar-refractivity contribution < 1.29 is 22.7 Å². The standard InChI is InChI=1S/C24H25BrF3N5O2/c1-22(2,3)35-21(34)33-11-23(12-33)7-13(8-23)31-20-30-10-16(24(26,27)28)18(32-20)15-9-29-19-14(15)5-4-6-17(19)25/h4-6,9-10,13,29H,7-8,11-12H2,1-3H3,(H,30,31,32). The number of ether oxygens (including phenoxy) is 1. The van der Waals surface area contributed by atoms with E-state index in [2.05, 4.69) is 36.2 Å². The summed E-state index contributed by atoms with van der Waals surface area (Å²) in [6.45, 7) is 6.72. The van der Waals surface area contributed by atoms with Gasteiger partial charge >= 0.3 is 12.3 Å². The average molecular weight is 552 g/mol. The van der Waals surface area contributed by atoms with E-state index in [0.29, 0.717) is 29.6 Å². The van der Waals surface area contributed by atoms with Crippen LogP contribution in [0.1, 0.15) is 39.2 Å². The Bertz CT molecular complexity index is 1290. The largest absolute Gasteiger partial charge is 0.444 e. The van der Waals surface area contributed by atoms with Gasteiger partial charge in [-0.2, -0.15) is 13.2 Å². The zero-order valence-corrected chi connectivity index (χ0v) is 21.0. The number of fused-ring (bicyclic) bond motifs is 1. The first kappa shape index (κ1) is 23.9. The molecule has 11 heteroatoms. The minimum Gasteiger partial charge on any atom is -0.444 e. The number of rotatable bonds is 3. The summed E-state index contributed by atoms with van der Waals surface area (Å²) >= 11 is 3.42. The summed E-state index contributed by atoms with van der Waals surface area (Å²) in [5.74, 6) is 0.153. The van der Waals surface area contributed by atoms with E-state index in [9.17, 15) is 18.0 Å². The monoisotopic (exact) mass is 551 g/mol. The van der Waals surface area contributed by atoms with Crippen molar-refractivity contribution in [2.45, 2.75) is 51.4 Å². The molecule has 35 heavy (non-hydrogen) atoms. The third kappa shape index (κ3) is 4.57. The number of hydrogen-bond acceptors (Lipinski definition) is 5. The number of benzene rings is 1. The number of carbonyl (C=O) groups excluding carboxylic acids is 1. The number of H-pyrrole nitrogens is 1. The van der Waals surface area contributed by atoms with Crippen LogP contribution in [0.15, 0.2) is 35.1 Å². The molecule has 2 fully saturated rings. The Morgan fingerprint density at radius 3 is 2.63 bits per heavy atom. The van der Waals surface area contributed by atoms with Crippen LogP contribution < -0.4 is 5.32 Å². The van der Waals surface area contributed by atoms with Gasteiger partial charge in [-0.05, 0) is 55.6 Å². The molecular weight excluding hydrogens is 527 g/mol. The second-order valence-electron chi connectivity index (χ2n) is 10.4. The molecule has 0 atom stereocenters. The SMILES string of the molecule is CC(C)(C)OC(=O)N1CC2(CC(Nc3ncc(C(F)(F)F)c(-c4c[nH]c5c(Br)cccc45)n3)C2)C1. The Labute approximate surface area is 208 Å². The van der Waals surface area contributed by atoms with Crippen LogP contribution in [0.4, 0.5) is 23.9 Å². The fourth-order valence-corrected chi connectivity index (χ4v) is 5.41. The van der Waals surface area contributed by atoms with Crippen LogP contribution in [0, 0.1) is 5.41 Å². The van der Waals surface area contributed by atoms with Gasteiger partial charge in [0.15, 0.2) is 0 Å². The topological polar surface area (TPSA) is 83.1 Å². The first-order valence-electron chi connectivity index (χ1n) is 11.3. The number of aromatic nitrogens is 3. The molecule has 1 saturated heterocycles. The second-order valence-corrected chi connectivity index (χ2v) is 11.3. The van der Waals surface area contributed by atoms with Crippen molar-refractivity contribution in [2.24, 2.45) is 5.41 Å². The Morgan fingerprint density at radius 2 is 1.97 bits per heavy atom. The maximum atomic E-state index is 13.8. The number of likely N-dealkylation sites (tertiary alicyclic amines) is 1. The number of para-hydroxylation sites is 1. The fourth-order valence-electron chi connectivity index (χ4n) is 4.92. The molecule has 0 radical (unpaired) electrons. The predicted octanol–water partition coefficient (Wildman–Crippen LogP) is 6.22. The lowest BCUT2D eigenvalue weighted by molar-refractivity contribution is -0.137. The van der Waals surface area contributed by atoms with Crippen LogP contribution in [0.5, 0.6) is 0 Å². The number of amides is 1. The molecule has 5 rings (SSSR count). The van der Waals surface area contributed by atoms with Gasteiger partial charge in [-0.25, -0.2) is 14.8 Å². The summed E-state index contributed by atoms with van der Waals surface area (Å²) in [4.78, 5) is 25.2. The van der Waals surface area contributed by atoms with E-state index < -0.39 is 17.3 Å². The Hall–Kier alpha value is -2.82. The molecule has 0 bridgehead atoms. The van der Waals surface area contributed by atoms with E-state index in [0.717, 1.165) is 23.5 Å². The highest BCUT2D eigenvalue weighted by Gasteiger charge is 2.54. The minimum absolute atomic E-state index is 0.0203. The summed E-state index contributed by atoms with van der Waals surface area (Å²) in [5, 5.41) is 3.81. The maximum absolute atomic E-state index is 13.8. The lowest BCUT2D eigenvalue weighted by Gasteiger charge is -2.58. The van der Waals surface area contributed by atoms with Crippen LogP contribution in [-0.2, 0) is 10.9 Å². The number of nitrogens with one attached hydrogen (secondary N) is 2. The van der Waals surface area contributed by atoms with Crippen LogP contribution in [0.25, 0.3) is 22.2 Å². The van der Waals surface area contributed by atoms with Gasteiger partial charge in [0.2, 0.25) is 5.95 Å². The quantitative estimate of drug-likeness (QED) is 0.404. The number of halogens is 4. The predicted molar refractivity (Wildman–Crippen MR) is 129 cm³/mol. The van der Waals surface area contributed by atoms with Crippen molar-refractivity contribution in [3.8, 4) is 11.3 Å². The molecule has 3 heterocycles. The van der Waals surface area contributed by atoms with Crippen molar-refractivity contribution in [2.75, 3.05) is 18.4 Å². The number of aromatic amines is 1.